The van der Waals surface area contributed by atoms with Crippen LogP contribution in [-0.2, 0) is 0 Å². The molecule has 0 aliphatic heterocycles. The molecule has 0 amide bonds. The second-order valence-corrected chi connectivity index (χ2v) is 13.0. The van der Waals surface area contributed by atoms with Crippen LogP contribution in [0.15, 0.2) is 131 Å². The number of hydrogen-bond donors (Lipinski definition) is 2. The molecule has 2 nitrogen and oxygen atoms in total. The molecule has 1 rings (SSSR count). The molecular weight excluding hydrogens is 512 g/mol. The highest BCUT2D eigenvalue weighted by Gasteiger charge is 2.47. The summed E-state index contributed by atoms with van der Waals surface area (Å²) < 4.78 is 0. The molecule has 3 atom stereocenters. The Bertz CT molecular complexity index is 1190. The monoisotopic (exact) mass is 570 g/mol. The Morgan fingerprint density at radius 2 is 1.17 bits per heavy atom. The topological polar surface area (TPSA) is 40.5 Å². The molecule has 0 unspecified atom stereocenters. The minimum absolute atomic E-state index is 0.0552. The molecule has 0 spiro atoms. The Hall–Kier alpha value is -2.94. The van der Waals surface area contributed by atoms with Gasteiger partial charge in [-0.2, -0.15) is 0 Å². The lowest BCUT2D eigenvalue weighted by atomic mass is 9.78. The van der Waals surface area contributed by atoms with Crippen LogP contribution >= 0.6 is 0 Å². The van der Waals surface area contributed by atoms with Crippen LogP contribution in [0.2, 0.25) is 0 Å². The highest BCUT2D eigenvalue weighted by Crippen LogP contribution is 2.46. The van der Waals surface area contributed by atoms with Gasteiger partial charge in [-0.1, -0.05) is 131 Å². The molecule has 0 radical (unpaired) electrons. The Balaban J connectivity index is 2.61. The Labute approximate surface area is 258 Å². The summed E-state index contributed by atoms with van der Waals surface area (Å²) in [7, 11) is 0. The fourth-order valence-corrected chi connectivity index (χ4v) is 4.99. The van der Waals surface area contributed by atoms with Gasteiger partial charge in [0.15, 0.2) is 0 Å². The minimum Gasteiger partial charge on any atom is -0.390 e. The van der Waals surface area contributed by atoms with Crippen molar-refractivity contribution in [3.63, 3.8) is 0 Å². The summed E-state index contributed by atoms with van der Waals surface area (Å²) in [6.45, 7) is 20.4. The van der Waals surface area contributed by atoms with Gasteiger partial charge in [0.2, 0.25) is 0 Å². The van der Waals surface area contributed by atoms with E-state index in [1.165, 1.54) is 22.3 Å². The predicted octanol–water partition coefficient (Wildman–Crippen LogP) is 10.8. The molecule has 2 heteroatoms. The summed E-state index contributed by atoms with van der Waals surface area (Å²) in [4.78, 5) is 0. The van der Waals surface area contributed by atoms with Crippen molar-refractivity contribution < 1.29 is 10.2 Å². The van der Waals surface area contributed by atoms with Crippen LogP contribution in [0.5, 0.6) is 0 Å². The zero-order chi connectivity index (χ0) is 31.8. The summed E-state index contributed by atoms with van der Waals surface area (Å²) in [5.74, 6) is -0.00110. The summed E-state index contributed by atoms with van der Waals surface area (Å²) in [5, 5.41) is 21.3. The van der Waals surface area contributed by atoms with Crippen molar-refractivity contribution in [2.75, 3.05) is 0 Å². The quantitative estimate of drug-likeness (QED) is 0.161. The van der Waals surface area contributed by atoms with Gasteiger partial charge in [-0.25, -0.2) is 0 Å². The maximum atomic E-state index is 10.8. The molecule has 1 aliphatic carbocycles. The number of rotatable bonds is 14. The van der Waals surface area contributed by atoms with Gasteiger partial charge in [-0.3, -0.25) is 0 Å². The molecule has 0 bridgehead atoms. The van der Waals surface area contributed by atoms with Gasteiger partial charge < -0.3 is 10.2 Å². The van der Waals surface area contributed by atoms with E-state index in [4.69, 9.17) is 0 Å². The van der Waals surface area contributed by atoms with E-state index in [0.717, 1.165) is 30.4 Å². The van der Waals surface area contributed by atoms with Crippen LogP contribution < -0.4 is 0 Å². The van der Waals surface area contributed by atoms with E-state index in [9.17, 15) is 10.2 Å². The van der Waals surface area contributed by atoms with E-state index < -0.39 is 11.2 Å². The Morgan fingerprint density at radius 3 is 1.64 bits per heavy atom. The van der Waals surface area contributed by atoms with Gasteiger partial charge in [-0.05, 0) is 101 Å². The maximum absolute atomic E-state index is 10.8. The molecule has 0 heterocycles. The van der Waals surface area contributed by atoms with Crippen LogP contribution in [0.25, 0.3) is 0 Å². The van der Waals surface area contributed by atoms with E-state index in [0.29, 0.717) is 6.42 Å². The lowest BCUT2D eigenvalue weighted by Crippen LogP contribution is -2.39. The highest BCUT2D eigenvalue weighted by molar-refractivity contribution is 5.32. The summed E-state index contributed by atoms with van der Waals surface area (Å²) in [6, 6.07) is 0. The molecule has 42 heavy (non-hydrogen) atoms. The standard InChI is InChI=1S/C40H58O2/c1-31(2)17-13-20-34(5)23-15-25-35(6)24-14-21-32(3)18-11-12-19-33(4)22-16-26-36(7)27-28-38-37(39(8,9)41)29-30-40(38,10)42/h11-12,14-19,21-28,37-38,41-42H,13,20,29-30H2,1-10H3/b12-11+,21-14+,22-16+,25-15+,28-27+,32-18+,33-19+,34-23+,35-24+,36-26+/t37-,38+,40-/m0/s1. The first-order valence-corrected chi connectivity index (χ1v) is 15.4. The van der Waals surface area contributed by atoms with Crippen molar-refractivity contribution >= 4 is 0 Å². The van der Waals surface area contributed by atoms with E-state index >= 15 is 0 Å². The van der Waals surface area contributed by atoms with Gasteiger partial charge in [0.25, 0.3) is 0 Å². The minimum atomic E-state index is -0.803. The van der Waals surface area contributed by atoms with Gasteiger partial charge in [0.1, 0.15) is 0 Å². The average molecular weight is 571 g/mol. The molecule has 1 fully saturated rings. The third-order valence-corrected chi connectivity index (χ3v) is 7.68. The molecule has 0 aromatic heterocycles. The smallest absolute Gasteiger partial charge is 0.0686 e. The highest BCUT2D eigenvalue weighted by atomic mass is 16.3. The maximum Gasteiger partial charge on any atom is 0.0686 e. The molecule has 0 aromatic rings. The molecule has 0 aromatic carbocycles. The van der Waals surface area contributed by atoms with Crippen LogP contribution in [0, 0.1) is 11.8 Å². The number of allylic oxidation sites excluding steroid dienone is 21. The first kappa shape index (κ1) is 37.1. The average Bonchev–Trinajstić information content (AvgIpc) is 3.19. The van der Waals surface area contributed by atoms with Crippen LogP contribution in [0.1, 0.15) is 94.9 Å². The van der Waals surface area contributed by atoms with Crippen molar-refractivity contribution in [2.45, 2.75) is 106 Å². The molecule has 1 aliphatic rings. The molecule has 2 N–H and O–H groups in total. The normalized spacial score (nSPS) is 24.0. The third-order valence-electron chi connectivity index (χ3n) is 7.68. The molecule has 230 valence electrons. The second-order valence-electron chi connectivity index (χ2n) is 13.0. The summed E-state index contributed by atoms with van der Waals surface area (Å²) >= 11 is 0. The fourth-order valence-electron chi connectivity index (χ4n) is 4.99. The predicted molar refractivity (Wildman–Crippen MR) is 186 cm³/mol. The zero-order valence-corrected chi connectivity index (χ0v) is 28.1. The summed E-state index contributed by atoms with van der Waals surface area (Å²) in [6.07, 6.45) is 37.5. The van der Waals surface area contributed by atoms with E-state index in [-0.39, 0.29) is 11.8 Å². The van der Waals surface area contributed by atoms with Crippen molar-refractivity contribution in [2.24, 2.45) is 11.8 Å². The number of aliphatic hydroxyl groups is 2. The molecular formula is C40H58O2. The van der Waals surface area contributed by atoms with Crippen LogP contribution in [-0.4, -0.2) is 21.4 Å². The van der Waals surface area contributed by atoms with Crippen LogP contribution in [0.4, 0.5) is 0 Å². The Morgan fingerprint density at radius 1 is 0.714 bits per heavy atom. The van der Waals surface area contributed by atoms with Crippen molar-refractivity contribution in [1.29, 1.82) is 0 Å². The van der Waals surface area contributed by atoms with Crippen molar-refractivity contribution in [3.05, 3.63) is 131 Å². The fraction of sp³-hybridized carbons (Fsp3) is 0.450. The first-order chi connectivity index (χ1) is 19.6. The molecule has 0 saturated heterocycles. The second kappa shape index (κ2) is 18.6. The van der Waals surface area contributed by atoms with Gasteiger partial charge in [0.05, 0.1) is 11.2 Å². The van der Waals surface area contributed by atoms with Crippen LogP contribution in [0.3, 0.4) is 0 Å². The largest absolute Gasteiger partial charge is 0.390 e. The van der Waals surface area contributed by atoms with E-state index in [1.807, 2.05) is 26.8 Å². The number of hydrogen-bond acceptors (Lipinski definition) is 2. The molecule has 1 saturated carbocycles. The SMILES string of the molecule is CC(C)=CCC/C(C)=C/C=C/C(C)=C/C=C/C(C)=C/C=C/C=C(C)/C=C/C=C(C)/C=C/[C@@H]1[C@@H](C(C)(C)O)CC[C@]1(C)O. The lowest BCUT2D eigenvalue weighted by molar-refractivity contribution is -0.0294. The van der Waals surface area contributed by atoms with Gasteiger partial charge in [-0.15, -0.1) is 0 Å². The van der Waals surface area contributed by atoms with Crippen molar-refractivity contribution in [3.8, 4) is 0 Å². The van der Waals surface area contributed by atoms with Crippen molar-refractivity contribution in [1.82, 2.24) is 0 Å². The lowest BCUT2D eigenvalue weighted by Gasteiger charge is -2.33. The van der Waals surface area contributed by atoms with E-state index in [1.54, 1.807) is 0 Å². The van der Waals surface area contributed by atoms with E-state index in [2.05, 4.69) is 140 Å². The zero-order valence-electron chi connectivity index (χ0n) is 28.1. The Kier molecular flexibility index (Phi) is 16.4. The summed E-state index contributed by atoms with van der Waals surface area (Å²) in [5.41, 5.74) is 5.88. The first-order valence-electron chi connectivity index (χ1n) is 15.4. The third kappa shape index (κ3) is 15.9. The van der Waals surface area contributed by atoms with Gasteiger partial charge in [0, 0.05) is 5.92 Å². The van der Waals surface area contributed by atoms with Gasteiger partial charge >= 0.3 is 0 Å².